The van der Waals surface area contributed by atoms with Crippen LogP contribution in [0, 0.1) is 0 Å². The molecule has 2 aromatic rings. The SMILES string of the molecule is Cl.[2H]c1cc2ccc(C(=O)N(CCCC)CC(=O)N3CCN(C4CCN(C)CC4)CC3)cc2[nH]1. The third-order valence-corrected chi connectivity index (χ3v) is 7.00. The molecule has 2 aliphatic rings. The van der Waals surface area contributed by atoms with Crippen LogP contribution in [0.4, 0.5) is 0 Å². The summed E-state index contributed by atoms with van der Waals surface area (Å²) < 4.78 is 7.76. The van der Waals surface area contributed by atoms with Gasteiger partial charge >= 0.3 is 0 Å². The van der Waals surface area contributed by atoms with Crippen LogP contribution < -0.4 is 0 Å². The average Bonchev–Trinajstić information content (AvgIpc) is 3.21. The summed E-state index contributed by atoms with van der Waals surface area (Å²) >= 11 is 0. The van der Waals surface area contributed by atoms with Gasteiger partial charge in [0, 0.05) is 56.0 Å². The van der Waals surface area contributed by atoms with Crippen LogP contribution in [-0.2, 0) is 4.79 Å². The lowest BCUT2D eigenvalue weighted by Gasteiger charge is -2.42. The number of carbonyl (C=O) groups is 2. The van der Waals surface area contributed by atoms with Crippen molar-refractivity contribution in [2.75, 3.05) is 59.4 Å². The predicted molar refractivity (Wildman–Crippen MR) is 135 cm³/mol. The zero-order valence-electron chi connectivity index (χ0n) is 20.9. The van der Waals surface area contributed by atoms with Crippen LogP contribution in [0.1, 0.15) is 44.3 Å². The maximum Gasteiger partial charge on any atom is 0.254 e. The number of nitrogens with one attached hydrogen (secondary N) is 1. The number of hydrogen-bond donors (Lipinski definition) is 1. The number of aromatic amines is 1. The average molecular weight is 477 g/mol. The van der Waals surface area contributed by atoms with Crippen LogP contribution in [0.2, 0.25) is 0 Å². The van der Waals surface area contributed by atoms with Crippen molar-refractivity contribution in [1.29, 1.82) is 0 Å². The van der Waals surface area contributed by atoms with E-state index in [1.54, 1.807) is 23.1 Å². The normalized spacial score (nSPS) is 18.7. The number of aromatic nitrogens is 1. The van der Waals surface area contributed by atoms with Gasteiger partial charge in [-0.2, -0.15) is 0 Å². The molecule has 2 saturated heterocycles. The molecule has 3 heterocycles. The molecular weight excluding hydrogens is 438 g/mol. The topological polar surface area (TPSA) is 62.9 Å². The fourth-order valence-corrected chi connectivity index (χ4v) is 4.86. The molecule has 33 heavy (non-hydrogen) atoms. The van der Waals surface area contributed by atoms with E-state index in [2.05, 4.69) is 28.8 Å². The lowest BCUT2D eigenvalue weighted by atomic mass is 10.0. The quantitative estimate of drug-likeness (QED) is 0.667. The number of benzene rings is 1. The molecule has 2 aliphatic heterocycles. The number of hydrogen-bond acceptors (Lipinski definition) is 4. The number of halogens is 1. The van der Waals surface area contributed by atoms with E-state index in [-0.39, 0.29) is 30.8 Å². The Kier molecular flexibility index (Phi) is 8.64. The van der Waals surface area contributed by atoms with Crippen molar-refractivity contribution < 1.29 is 11.0 Å². The third kappa shape index (κ3) is 6.28. The van der Waals surface area contributed by atoms with E-state index < -0.39 is 0 Å². The molecule has 2 amide bonds. The number of piperidine rings is 1. The van der Waals surface area contributed by atoms with Gasteiger partial charge in [0.1, 0.15) is 6.54 Å². The number of amides is 2. The molecule has 8 heteroatoms. The van der Waals surface area contributed by atoms with Gasteiger partial charge in [-0.3, -0.25) is 14.5 Å². The lowest BCUT2D eigenvalue weighted by Crippen LogP contribution is -2.55. The van der Waals surface area contributed by atoms with Crippen molar-refractivity contribution in [3.63, 3.8) is 0 Å². The molecule has 1 aromatic heterocycles. The van der Waals surface area contributed by atoms with Gasteiger partial charge in [-0.15, -0.1) is 12.4 Å². The number of piperazine rings is 1. The van der Waals surface area contributed by atoms with Crippen molar-refractivity contribution in [2.24, 2.45) is 0 Å². The number of rotatable bonds is 7. The summed E-state index contributed by atoms with van der Waals surface area (Å²) in [5, 5.41) is 0.912. The summed E-state index contributed by atoms with van der Waals surface area (Å²) in [5.74, 6) is -0.0818. The number of likely N-dealkylation sites (tertiary alicyclic amines) is 1. The highest BCUT2D eigenvalue weighted by Gasteiger charge is 2.29. The Balaban J connectivity index is 0.00000324. The Labute approximate surface area is 204 Å². The monoisotopic (exact) mass is 476 g/mol. The van der Waals surface area contributed by atoms with Gasteiger partial charge in [0.05, 0.1) is 1.37 Å². The minimum absolute atomic E-state index is 0. The van der Waals surface area contributed by atoms with E-state index in [4.69, 9.17) is 1.37 Å². The second-order valence-corrected chi connectivity index (χ2v) is 9.25. The number of unbranched alkanes of at least 4 members (excludes halogenated alkanes) is 1. The van der Waals surface area contributed by atoms with Crippen LogP contribution in [0.15, 0.2) is 30.4 Å². The highest BCUT2D eigenvalue weighted by atomic mass is 35.5. The van der Waals surface area contributed by atoms with Crippen molar-refractivity contribution in [3.8, 4) is 0 Å². The van der Waals surface area contributed by atoms with Gasteiger partial charge < -0.3 is 19.7 Å². The summed E-state index contributed by atoms with van der Waals surface area (Å²) in [5.41, 5.74) is 1.33. The second-order valence-electron chi connectivity index (χ2n) is 9.25. The standard InChI is InChI=1S/C25H37N5O2.ClH/c1-3-4-11-30(25(32)21-6-5-20-7-10-26-23(20)18-21)19-24(31)29-16-14-28(15-17-29)22-8-12-27(2)13-9-22;/h5-7,10,18,22,26H,3-4,8-9,11-17,19H2,1-2H3;1H/i10D;. The van der Waals surface area contributed by atoms with Gasteiger partial charge in [0.2, 0.25) is 5.91 Å². The molecule has 7 nitrogen and oxygen atoms in total. The molecule has 1 N–H and O–H groups in total. The van der Waals surface area contributed by atoms with E-state index in [0.717, 1.165) is 63.0 Å². The Morgan fingerprint density at radius 1 is 1.12 bits per heavy atom. The fourth-order valence-electron chi connectivity index (χ4n) is 4.86. The van der Waals surface area contributed by atoms with Crippen molar-refractivity contribution >= 4 is 35.1 Å². The molecule has 0 radical (unpaired) electrons. The first kappa shape index (κ1) is 24.0. The number of H-pyrrole nitrogens is 1. The Hall–Kier alpha value is -2.09. The highest BCUT2D eigenvalue weighted by molar-refractivity contribution is 5.99. The first-order chi connectivity index (χ1) is 15.9. The van der Waals surface area contributed by atoms with Crippen LogP contribution in [0.3, 0.4) is 0 Å². The third-order valence-electron chi connectivity index (χ3n) is 7.00. The van der Waals surface area contributed by atoms with E-state index in [9.17, 15) is 9.59 Å². The minimum atomic E-state index is -0.121. The zero-order valence-corrected chi connectivity index (χ0v) is 20.7. The summed E-state index contributed by atoms with van der Waals surface area (Å²) in [4.78, 5) is 37.9. The molecule has 2 fully saturated rings. The van der Waals surface area contributed by atoms with E-state index in [1.807, 2.05) is 11.0 Å². The minimum Gasteiger partial charge on any atom is -0.361 e. The lowest BCUT2D eigenvalue weighted by molar-refractivity contribution is -0.134. The number of fused-ring (bicyclic) bond motifs is 1. The summed E-state index contributed by atoms with van der Waals surface area (Å²) in [6, 6.07) is 7.82. The van der Waals surface area contributed by atoms with E-state index in [1.165, 1.54) is 12.8 Å². The van der Waals surface area contributed by atoms with Crippen LogP contribution >= 0.6 is 12.4 Å². The predicted octanol–water partition coefficient (Wildman–Crippen LogP) is 3.07. The van der Waals surface area contributed by atoms with Crippen LogP contribution in [0.25, 0.3) is 10.9 Å². The summed E-state index contributed by atoms with van der Waals surface area (Å²) in [7, 11) is 2.18. The molecule has 0 unspecified atom stereocenters. The zero-order chi connectivity index (χ0) is 23.4. The molecule has 4 rings (SSSR count). The second kappa shape index (κ2) is 11.9. The number of carbonyl (C=O) groups excluding carboxylic acids is 2. The van der Waals surface area contributed by atoms with Crippen LogP contribution in [-0.4, -0.2) is 102 Å². The van der Waals surface area contributed by atoms with Gasteiger partial charge in [0.25, 0.3) is 5.91 Å². The first-order valence-electron chi connectivity index (χ1n) is 12.5. The van der Waals surface area contributed by atoms with Gasteiger partial charge in [-0.25, -0.2) is 0 Å². The summed E-state index contributed by atoms with van der Waals surface area (Å²) in [6.07, 6.45) is 4.56. The molecule has 0 saturated carbocycles. The maximum absolute atomic E-state index is 13.3. The van der Waals surface area contributed by atoms with Gasteiger partial charge in [-0.05, 0) is 63.0 Å². The molecular formula is C25H38ClN5O2. The Morgan fingerprint density at radius 2 is 1.85 bits per heavy atom. The molecule has 0 atom stereocenters. The molecule has 1 aromatic carbocycles. The molecule has 182 valence electrons. The largest absolute Gasteiger partial charge is 0.361 e. The van der Waals surface area contributed by atoms with Crippen molar-refractivity contribution in [1.82, 2.24) is 24.6 Å². The molecule has 0 aliphatic carbocycles. The fraction of sp³-hybridized carbons (Fsp3) is 0.600. The van der Waals surface area contributed by atoms with Crippen LogP contribution in [0.5, 0.6) is 0 Å². The molecule has 0 bridgehead atoms. The number of nitrogens with zero attached hydrogens (tertiary/aromatic N) is 4. The van der Waals surface area contributed by atoms with Crippen molar-refractivity contribution in [2.45, 2.75) is 38.6 Å². The highest BCUT2D eigenvalue weighted by Crippen LogP contribution is 2.19. The smallest absolute Gasteiger partial charge is 0.254 e. The first-order valence-corrected chi connectivity index (χ1v) is 12.0. The Morgan fingerprint density at radius 3 is 2.55 bits per heavy atom. The van der Waals surface area contributed by atoms with Crippen molar-refractivity contribution in [3.05, 3.63) is 36.0 Å². The maximum atomic E-state index is 13.3. The van der Waals surface area contributed by atoms with E-state index >= 15 is 0 Å². The van der Waals surface area contributed by atoms with E-state index in [0.29, 0.717) is 24.3 Å². The van der Waals surface area contributed by atoms with Gasteiger partial charge in [0.15, 0.2) is 0 Å². The Bertz CT molecular complexity index is 967. The molecule has 0 spiro atoms. The summed E-state index contributed by atoms with van der Waals surface area (Å²) in [6.45, 7) is 8.40. The van der Waals surface area contributed by atoms with Gasteiger partial charge in [-0.1, -0.05) is 19.4 Å².